The first kappa shape index (κ1) is 17.9. The Kier molecular flexibility index (Phi) is 6.47. The number of aromatic hydroxyl groups is 1. The Bertz CT molecular complexity index is 762. The average molecular weight is 342 g/mol. The summed E-state index contributed by atoms with van der Waals surface area (Å²) in [6.07, 6.45) is 4.17. The number of hydrazone groups is 1. The Morgan fingerprint density at radius 3 is 2.84 bits per heavy atom. The first-order valence-corrected chi connectivity index (χ1v) is 7.43. The van der Waals surface area contributed by atoms with Crippen molar-refractivity contribution in [2.45, 2.75) is 13.0 Å². The monoisotopic (exact) mass is 342 g/mol. The highest BCUT2D eigenvalue weighted by Gasteiger charge is 2.09. The SMILES string of the molecule is COc1cccc(/C=N\NC(=O)CC(=O)NCc2cccnc2)c1O. The smallest absolute Gasteiger partial charge is 0.249 e. The lowest BCUT2D eigenvalue weighted by Crippen LogP contribution is -2.29. The molecule has 0 saturated carbocycles. The molecule has 8 heteroatoms. The summed E-state index contributed by atoms with van der Waals surface area (Å²) in [6.45, 7) is 0.293. The molecular formula is C17H18N4O4. The molecule has 3 N–H and O–H groups in total. The molecule has 0 saturated heterocycles. The molecule has 0 aliphatic rings. The number of phenols is 1. The Labute approximate surface area is 144 Å². The van der Waals surface area contributed by atoms with Crippen LogP contribution < -0.4 is 15.5 Å². The summed E-state index contributed by atoms with van der Waals surface area (Å²) < 4.78 is 4.97. The van der Waals surface area contributed by atoms with Crippen LogP contribution in [-0.2, 0) is 16.1 Å². The van der Waals surface area contributed by atoms with Crippen molar-refractivity contribution in [3.8, 4) is 11.5 Å². The van der Waals surface area contributed by atoms with E-state index in [2.05, 4.69) is 20.8 Å². The molecule has 0 aliphatic carbocycles. The van der Waals surface area contributed by atoms with Crippen molar-refractivity contribution in [3.63, 3.8) is 0 Å². The number of amides is 2. The second kappa shape index (κ2) is 9.02. The number of carbonyl (C=O) groups excluding carboxylic acids is 2. The third kappa shape index (κ3) is 5.61. The number of carbonyl (C=O) groups is 2. The minimum Gasteiger partial charge on any atom is -0.504 e. The third-order valence-corrected chi connectivity index (χ3v) is 3.18. The van der Waals surface area contributed by atoms with E-state index >= 15 is 0 Å². The van der Waals surface area contributed by atoms with E-state index in [-0.39, 0.29) is 12.2 Å². The Hall–Kier alpha value is -3.42. The summed E-state index contributed by atoms with van der Waals surface area (Å²) in [7, 11) is 1.43. The minimum absolute atomic E-state index is 0.0859. The maximum absolute atomic E-state index is 11.7. The van der Waals surface area contributed by atoms with Gasteiger partial charge in [0.25, 0.3) is 0 Å². The van der Waals surface area contributed by atoms with E-state index in [4.69, 9.17) is 4.74 Å². The highest BCUT2D eigenvalue weighted by Crippen LogP contribution is 2.27. The zero-order valence-electron chi connectivity index (χ0n) is 13.6. The third-order valence-electron chi connectivity index (χ3n) is 3.18. The number of nitrogens with zero attached hydrogens (tertiary/aromatic N) is 2. The first-order chi connectivity index (χ1) is 12.1. The van der Waals surface area contributed by atoms with Crippen molar-refractivity contribution < 1.29 is 19.4 Å². The van der Waals surface area contributed by atoms with Gasteiger partial charge in [-0.1, -0.05) is 12.1 Å². The van der Waals surface area contributed by atoms with Crippen molar-refractivity contribution in [2.24, 2.45) is 5.10 Å². The maximum Gasteiger partial charge on any atom is 0.249 e. The lowest BCUT2D eigenvalue weighted by molar-refractivity contribution is -0.129. The number of ether oxygens (including phenoxy) is 1. The molecule has 0 unspecified atom stereocenters. The molecule has 8 nitrogen and oxygen atoms in total. The number of nitrogens with one attached hydrogen (secondary N) is 2. The van der Waals surface area contributed by atoms with Crippen LogP contribution in [0.3, 0.4) is 0 Å². The van der Waals surface area contributed by atoms with Crippen molar-refractivity contribution in [1.29, 1.82) is 0 Å². The highest BCUT2D eigenvalue weighted by atomic mass is 16.5. The Balaban J connectivity index is 1.79. The number of aromatic nitrogens is 1. The van der Waals surface area contributed by atoms with Gasteiger partial charge in [-0.2, -0.15) is 5.10 Å². The molecule has 1 aromatic carbocycles. The van der Waals surface area contributed by atoms with Gasteiger partial charge in [-0.3, -0.25) is 14.6 Å². The summed E-state index contributed by atoms with van der Waals surface area (Å²) in [4.78, 5) is 27.3. The van der Waals surface area contributed by atoms with Crippen LogP contribution in [-0.4, -0.2) is 35.2 Å². The fourth-order valence-corrected chi connectivity index (χ4v) is 1.93. The van der Waals surface area contributed by atoms with Crippen LogP contribution in [0.2, 0.25) is 0 Å². The molecule has 25 heavy (non-hydrogen) atoms. The summed E-state index contributed by atoms with van der Waals surface area (Å²) in [5, 5.41) is 16.2. The fourth-order valence-electron chi connectivity index (χ4n) is 1.93. The highest BCUT2D eigenvalue weighted by molar-refractivity contribution is 5.97. The standard InChI is InChI=1S/C17H18N4O4/c1-25-14-6-2-5-13(17(14)24)11-20-21-16(23)8-15(22)19-10-12-4-3-7-18-9-12/h2-7,9,11,24H,8,10H2,1H3,(H,19,22)(H,21,23)/b20-11-. The van der Waals surface area contributed by atoms with E-state index in [0.29, 0.717) is 17.9 Å². The number of benzene rings is 1. The molecule has 0 fully saturated rings. The minimum atomic E-state index is -0.567. The predicted octanol–water partition coefficient (Wildman–Crippen LogP) is 0.952. The number of methoxy groups -OCH3 is 1. The van der Waals surface area contributed by atoms with Crippen LogP contribution in [0, 0.1) is 0 Å². The Morgan fingerprint density at radius 1 is 1.28 bits per heavy atom. The molecule has 2 amide bonds. The van der Waals surface area contributed by atoms with Gasteiger partial charge in [-0.25, -0.2) is 5.43 Å². The number of hydrogen-bond acceptors (Lipinski definition) is 6. The van der Waals surface area contributed by atoms with Gasteiger partial charge < -0.3 is 15.2 Å². The van der Waals surface area contributed by atoms with Gasteiger partial charge in [0.15, 0.2) is 11.5 Å². The van der Waals surface area contributed by atoms with Crippen LogP contribution in [0.1, 0.15) is 17.5 Å². The summed E-state index contributed by atoms with van der Waals surface area (Å²) in [6, 6.07) is 8.45. The molecule has 0 spiro atoms. The van der Waals surface area contributed by atoms with E-state index < -0.39 is 11.8 Å². The van der Waals surface area contributed by atoms with Crippen LogP contribution >= 0.6 is 0 Å². The topological polar surface area (TPSA) is 113 Å². The number of hydrogen-bond donors (Lipinski definition) is 3. The molecule has 130 valence electrons. The lowest BCUT2D eigenvalue weighted by Gasteiger charge is -2.05. The first-order valence-electron chi connectivity index (χ1n) is 7.43. The van der Waals surface area contributed by atoms with Crippen LogP contribution in [0.5, 0.6) is 11.5 Å². The molecule has 0 aliphatic heterocycles. The van der Waals surface area contributed by atoms with Crippen molar-refractivity contribution >= 4 is 18.0 Å². The largest absolute Gasteiger partial charge is 0.504 e. The quantitative estimate of drug-likeness (QED) is 0.394. The second-order valence-corrected chi connectivity index (χ2v) is 5.01. The van der Waals surface area contributed by atoms with Gasteiger partial charge >= 0.3 is 0 Å². The van der Waals surface area contributed by atoms with E-state index in [1.54, 1.807) is 36.7 Å². The molecule has 1 aromatic heterocycles. The van der Waals surface area contributed by atoms with Gasteiger partial charge in [-0.15, -0.1) is 0 Å². The summed E-state index contributed by atoms with van der Waals surface area (Å²) in [5.41, 5.74) is 3.44. The average Bonchev–Trinajstić information content (AvgIpc) is 2.62. The van der Waals surface area contributed by atoms with E-state index in [1.807, 2.05) is 6.07 Å². The number of phenolic OH excluding ortho intramolecular Hbond substituents is 1. The summed E-state index contributed by atoms with van der Waals surface area (Å²) in [5.74, 6) is -0.787. The predicted molar refractivity (Wildman–Crippen MR) is 91.1 cm³/mol. The van der Waals surface area contributed by atoms with Gasteiger partial charge in [0.1, 0.15) is 6.42 Å². The number of pyridine rings is 1. The van der Waals surface area contributed by atoms with Gasteiger partial charge in [0, 0.05) is 24.5 Å². The zero-order valence-corrected chi connectivity index (χ0v) is 13.6. The molecule has 2 aromatic rings. The van der Waals surface area contributed by atoms with Gasteiger partial charge in [0.05, 0.1) is 13.3 Å². The number of rotatable bonds is 7. The molecule has 2 rings (SSSR count). The molecule has 1 heterocycles. The van der Waals surface area contributed by atoms with E-state index in [1.165, 1.54) is 13.3 Å². The zero-order chi connectivity index (χ0) is 18.1. The van der Waals surface area contributed by atoms with Crippen LogP contribution in [0.25, 0.3) is 0 Å². The molecule has 0 bridgehead atoms. The van der Waals surface area contributed by atoms with Crippen molar-refractivity contribution in [2.75, 3.05) is 7.11 Å². The van der Waals surface area contributed by atoms with Crippen LogP contribution in [0.15, 0.2) is 47.8 Å². The van der Waals surface area contributed by atoms with Gasteiger partial charge in [-0.05, 0) is 23.8 Å². The fraction of sp³-hybridized carbons (Fsp3) is 0.176. The second-order valence-electron chi connectivity index (χ2n) is 5.01. The van der Waals surface area contributed by atoms with E-state index in [0.717, 1.165) is 5.56 Å². The lowest BCUT2D eigenvalue weighted by atomic mass is 10.2. The Morgan fingerprint density at radius 2 is 2.12 bits per heavy atom. The molecule has 0 radical (unpaired) electrons. The van der Waals surface area contributed by atoms with Crippen molar-refractivity contribution in [3.05, 3.63) is 53.9 Å². The number of para-hydroxylation sites is 1. The van der Waals surface area contributed by atoms with E-state index in [9.17, 15) is 14.7 Å². The van der Waals surface area contributed by atoms with Crippen molar-refractivity contribution in [1.82, 2.24) is 15.7 Å². The maximum atomic E-state index is 11.7. The van der Waals surface area contributed by atoms with Gasteiger partial charge in [0.2, 0.25) is 11.8 Å². The summed E-state index contributed by atoms with van der Waals surface area (Å²) >= 11 is 0. The molecule has 0 atom stereocenters. The normalized spacial score (nSPS) is 10.4. The van der Waals surface area contributed by atoms with Crippen LogP contribution in [0.4, 0.5) is 0 Å². The molecular weight excluding hydrogens is 324 g/mol.